The lowest BCUT2D eigenvalue weighted by atomic mass is 9.96. The quantitative estimate of drug-likeness (QED) is 0.606. The van der Waals surface area contributed by atoms with Crippen molar-refractivity contribution < 1.29 is 27.3 Å². The van der Waals surface area contributed by atoms with Gasteiger partial charge in [-0.05, 0) is 45.1 Å². The number of thioether (sulfide) groups is 1. The molecule has 1 aliphatic rings. The van der Waals surface area contributed by atoms with E-state index in [2.05, 4.69) is 10.5 Å². The summed E-state index contributed by atoms with van der Waals surface area (Å²) in [7, 11) is -2.42. The maximum atomic E-state index is 12.9. The number of ether oxygens (including phenoxy) is 1. The van der Waals surface area contributed by atoms with Crippen LogP contribution in [-0.4, -0.2) is 68.0 Å². The highest BCUT2D eigenvalue weighted by atomic mass is 32.2. The number of hydrogen-bond donors (Lipinski definition) is 1. The smallest absolute Gasteiger partial charge is 0.328 e. The highest BCUT2D eigenvalue weighted by molar-refractivity contribution is 7.98. The van der Waals surface area contributed by atoms with Gasteiger partial charge in [0, 0.05) is 19.0 Å². The van der Waals surface area contributed by atoms with E-state index in [1.807, 2.05) is 6.26 Å². The second kappa shape index (κ2) is 9.75. The molecule has 28 heavy (non-hydrogen) atoms. The van der Waals surface area contributed by atoms with E-state index in [0.29, 0.717) is 30.7 Å². The molecule has 1 amide bonds. The Balaban J connectivity index is 1.99. The Morgan fingerprint density at radius 1 is 1.36 bits per heavy atom. The highest BCUT2D eigenvalue weighted by Gasteiger charge is 2.36. The fourth-order valence-corrected chi connectivity index (χ4v) is 5.48. The van der Waals surface area contributed by atoms with Crippen molar-refractivity contribution in [1.82, 2.24) is 14.8 Å². The first kappa shape index (κ1) is 22.7. The minimum atomic E-state index is -3.71. The van der Waals surface area contributed by atoms with Crippen LogP contribution in [0.25, 0.3) is 0 Å². The number of carbonyl (C=O) groups excluding carboxylic acids is 2. The van der Waals surface area contributed by atoms with E-state index in [0.717, 1.165) is 0 Å². The van der Waals surface area contributed by atoms with Crippen LogP contribution in [0.3, 0.4) is 0 Å². The first-order valence-electron chi connectivity index (χ1n) is 9.02. The van der Waals surface area contributed by atoms with E-state index in [-0.39, 0.29) is 35.6 Å². The lowest BCUT2D eigenvalue weighted by molar-refractivity contribution is -0.145. The largest absolute Gasteiger partial charge is 0.467 e. The number of esters is 1. The maximum absolute atomic E-state index is 12.9. The normalized spacial score (nSPS) is 17.3. The Kier molecular flexibility index (Phi) is 7.90. The summed E-state index contributed by atoms with van der Waals surface area (Å²) in [5.41, 5.74) is 0.326. The van der Waals surface area contributed by atoms with Crippen molar-refractivity contribution in [3.63, 3.8) is 0 Å². The van der Waals surface area contributed by atoms with E-state index in [1.165, 1.54) is 11.4 Å². The summed E-state index contributed by atoms with van der Waals surface area (Å²) in [5.74, 6) is -0.0925. The van der Waals surface area contributed by atoms with Crippen LogP contribution in [0.5, 0.6) is 0 Å². The maximum Gasteiger partial charge on any atom is 0.328 e. The van der Waals surface area contributed by atoms with E-state index in [4.69, 9.17) is 9.26 Å². The molecule has 1 saturated heterocycles. The number of aromatic nitrogens is 1. The van der Waals surface area contributed by atoms with Crippen molar-refractivity contribution in [3.05, 3.63) is 11.5 Å². The standard InChI is InChI=1S/C17H27N3O6S2/c1-11-15(12(2)26-19-11)28(23,24)20-8-5-13(6-9-20)16(21)18-14(7-10-27-4)17(22)25-3/h13-14H,5-10H2,1-4H3,(H,18,21)/t14-/m1/s1. The molecule has 158 valence electrons. The van der Waals surface area contributed by atoms with Gasteiger partial charge in [0.15, 0.2) is 5.76 Å². The van der Waals surface area contributed by atoms with Crippen LogP contribution in [0.4, 0.5) is 0 Å². The number of rotatable bonds is 8. The molecule has 0 bridgehead atoms. The van der Waals surface area contributed by atoms with Crippen molar-refractivity contribution >= 4 is 33.7 Å². The van der Waals surface area contributed by atoms with Crippen molar-refractivity contribution in [2.75, 3.05) is 32.2 Å². The molecular weight excluding hydrogens is 406 g/mol. The Morgan fingerprint density at radius 2 is 2.00 bits per heavy atom. The molecule has 0 aromatic carbocycles. The van der Waals surface area contributed by atoms with Crippen LogP contribution in [0.2, 0.25) is 0 Å². The minimum absolute atomic E-state index is 0.0956. The Morgan fingerprint density at radius 3 is 2.50 bits per heavy atom. The Bertz CT molecular complexity index is 780. The van der Waals surface area contributed by atoms with Crippen molar-refractivity contribution in [2.45, 2.75) is 44.0 Å². The first-order valence-corrected chi connectivity index (χ1v) is 11.9. The van der Waals surface area contributed by atoms with Crippen molar-refractivity contribution in [1.29, 1.82) is 0 Å². The van der Waals surface area contributed by atoms with Gasteiger partial charge in [0.05, 0.1) is 7.11 Å². The molecule has 1 aromatic rings. The number of methoxy groups -OCH3 is 1. The van der Waals surface area contributed by atoms with Crippen LogP contribution in [0, 0.1) is 19.8 Å². The van der Waals surface area contributed by atoms with E-state index in [1.54, 1.807) is 25.6 Å². The molecule has 1 aliphatic heterocycles. The lowest BCUT2D eigenvalue weighted by Gasteiger charge is -2.31. The average Bonchev–Trinajstić information content (AvgIpc) is 3.03. The number of aryl methyl sites for hydroxylation is 2. The molecule has 1 fully saturated rings. The summed E-state index contributed by atoms with van der Waals surface area (Å²) in [4.78, 5) is 24.5. The summed E-state index contributed by atoms with van der Waals surface area (Å²) >= 11 is 1.58. The molecule has 0 spiro atoms. The van der Waals surface area contributed by atoms with Crippen molar-refractivity contribution in [2.24, 2.45) is 5.92 Å². The zero-order valence-corrected chi connectivity index (χ0v) is 18.2. The third-order valence-electron chi connectivity index (χ3n) is 4.80. The van der Waals surface area contributed by atoms with Gasteiger partial charge < -0.3 is 14.6 Å². The predicted octanol–water partition coefficient (Wildman–Crippen LogP) is 1.10. The number of carbonyl (C=O) groups is 2. The van der Waals surface area contributed by atoms with Crippen LogP contribution < -0.4 is 5.32 Å². The van der Waals surface area contributed by atoms with Gasteiger partial charge >= 0.3 is 5.97 Å². The fourth-order valence-electron chi connectivity index (χ4n) is 3.25. The Labute approximate surface area is 169 Å². The van der Waals surface area contributed by atoms with Gasteiger partial charge in [-0.2, -0.15) is 16.1 Å². The third-order valence-corrected chi connectivity index (χ3v) is 7.59. The monoisotopic (exact) mass is 433 g/mol. The molecule has 2 rings (SSSR count). The fraction of sp³-hybridized carbons (Fsp3) is 0.706. The van der Waals surface area contributed by atoms with Crippen LogP contribution in [-0.2, 0) is 24.3 Å². The highest BCUT2D eigenvalue weighted by Crippen LogP contribution is 2.27. The van der Waals surface area contributed by atoms with Crippen LogP contribution >= 0.6 is 11.8 Å². The summed E-state index contributed by atoms with van der Waals surface area (Å²) < 4.78 is 36.8. The van der Waals surface area contributed by atoms with Gasteiger partial charge in [0.25, 0.3) is 0 Å². The molecule has 0 unspecified atom stereocenters. The molecule has 1 N–H and O–H groups in total. The molecule has 9 nitrogen and oxygen atoms in total. The summed E-state index contributed by atoms with van der Waals surface area (Å²) in [6.45, 7) is 3.59. The number of piperidine rings is 1. The van der Waals surface area contributed by atoms with E-state index < -0.39 is 22.0 Å². The van der Waals surface area contributed by atoms with E-state index >= 15 is 0 Å². The summed E-state index contributed by atoms with van der Waals surface area (Å²) in [6, 6.07) is -0.686. The lowest BCUT2D eigenvalue weighted by Crippen LogP contribution is -2.48. The number of nitrogens with one attached hydrogen (secondary N) is 1. The van der Waals surface area contributed by atoms with Gasteiger partial charge in [0.2, 0.25) is 15.9 Å². The molecule has 1 aromatic heterocycles. The number of sulfonamides is 1. The van der Waals surface area contributed by atoms with Gasteiger partial charge in [-0.3, -0.25) is 4.79 Å². The van der Waals surface area contributed by atoms with E-state index in [9.17, 15) is 18.0 Å². The third kappa shape index (κ3) is 5.06. The molecular formula is C17H27N3O6S2. The zero-order valence-electron chi connectivity index (χ0n) is 16.6. The van der Waals surface area contributed by atoms with Crippen LogP contribution in [0.15, 0.2) is 9.42 Å². The molecule has 0 radical (unpaired) electrons. The summed E-state index contributed by atoms with van der Waals surface area (Å²) in [5, 5.41) is 6.46. The van der Waals surface area contributed by atoms with Gasteiger partial charge in [-0.25, -0.2) is 13.2 Å². The second-order valence-corrected chi connectivity index (χ2v) is 9.56. The summed E-state index contributed by atoms with van der Waals surface area (Å²) in [6.07, 6.45) is 3.17. The SMILES string of the molecule is COC(=O)[C@@H](CCSC)NC(=O)C1CCN(S(=O)(=O)c2c(C)noc2C)CC1. The van der Waals surface area contributed by atoms with Gasteiger partial charge in [-0.1, -0.05) is 5.16 Å². The first-order chi connectivity index (χ1) is 13.2. The van der Waals surface area contributed by atoms with Crippen molar-refractivity contribution in [3.8, 4) is 0 Å². The molecule has 0 aliphatic carbocycles. The molecule has 0 saturated carbocycles. The molecule has 1 atom stereocenters. The van der Waals surface area contributed by atoms with Gasteiger partial charge in [0.1, 0.15) is 16.6 Å². The second-order valence-electron chi connectivity index (χ2n) is 6.70. The minimum Gasteiger partial charge on any atom is -0.467 e. The van der Waals surface area contributed by atoms with Gasteiger partial charge in [-0.15, -0.1) is 0 Å². The number of nitrogens with zero attached hydrogens (tertiary/aromatic N) is 2. The topological polar surface area (TPSA) is 119 Å². The molecule has 2 heterocycles. The Hall–Kier alpha value is -1.59. The predicted molar refractivity (Wildman–Crippen MR) is 104 cm³/mol. The van der Waals surface area contributed by atoms with Crippen LogP contribution in [0.1, 0.15) is 30.7 Å². The number of amides is 1. The average molecular weight is 434 g/mol. The number of hydrogen-bond acceptors (Lipinski definition) is 8. The zero-order chi connectivity index (χ0) is 20.9. The molecule has 11 heteroatoms.